The first-order chi connectivity index (χ1) is 15.6. The zero-order valence-corrected chi connectivity index (χ0v) is 20.8. The van der Waals surface area contributed by atoms with Crippen LogP contribution in [-0.2, 0) is 26.5 Å². The third kappa shape index (κ3) is 6.68. The Hall–Kier alpha value is -3.17. The van der Waals surface area contributed by atoms with Gasteiger partial charge in [-0.25, -0.2) is 26.8 Å². The van der Waals surface area contributed by atoms with Crippen molar-refractivity contribution in [1.29, 1.82) is 5.41 Å². The summed E-state index contributed by atoms with van der Waals surface area (Å²) in [5.74, 6) is -1.63. The van der Waals surface area contributed by atoms with Gasteiger partial charge in [0.15, 0.2) is 28.4 Å². The lowest BCUT2D eigenvalue weighted by Gasteiger charge is -2.21. The molecule has 1 aromatic heterocycles. The number of nitrogens with one attached hydrogen (secondary N) is 1. The monoisotopic (exact) mass is 532 g/mol. The molecule has 13 nitrogen and oxygen atoms in total. The number of carbonyl (C=O) groups excluding carboxylic acids is 1. The third-order valence-corrected chi connectivity index (χ3v) is 8.02. The molecule has 0 aliphatic rings. The van der Waals surface area contributed by atoms with Crippen molar-refractivity contribution in [2.24, 2.45) is 5.73 Å². The van der Waals surface area contributed by atoms with Gasteiger partial charge in [-0.05, 0) is 37.0 Å². The standard InChI is InChI=1S/C18H25ClN8O5S2/c1-33(29,30)27(34(2,31)32)12-8-6-11(7-9-12)5-3-4-10-26(18(22)23)17(28)13-15(20)25-16(21)14(19)24-13/h6-9H,3-5,10H2,1-2H3,(H3,22,23)(H4,20,21,25). The molecule has 1 aromatic carbocycles. The van der Waals surface area contributed by atoms with E-state index in [0.29, 0.717) is 23.0 Å². The number of sulfonamides is 2. The average Bonchev–Trinajstić information content (AvgIpc) is 2.69. The summed E-state index contributed by atoms with van der Waals surface area (Å²) in [6.07, 6.45) is 3.17. The van der Waals surface area contributed by atoms with Crippen molar-refractivity contribution in [3.63, 3.8) is 0 Å². The van der Waals surface area contributed by atoms with Gasteiger partial charge in [0.05, 0.1) is 18.2 Å². The summed E-state index contributed by atoms with van der Waals surface area (Å²) in [6, 6.07) is 6.02. The summed E-state index contributed by atoms with van der Waals surface area (Å²) in [4.78, 5) is 21.3. The molecule has 0 spiro atoms. The van der Waals surface area contributed by atoms with Crippen molar-refractivity contribution in [3.8, 4) is 0 Å². The van der Waals surface area contributed by atoms with Crippen molar-refractivity contribution < 1.29 is 21.6 Å². The summed E-state index contributed by atoms with van der Waals surface area (Å²) in [6.45, 7) is 0.0886. The molecule has 7 N–H and O–H groups in total. The summed E-state index contributed by atoms with van der Waals surface area (Å²) < 4.78 is 47.8. The molecule has 34 heavy (non-hydrogen) atoms. The third-order valence-electron chi connectivity index (χ3n) is 4.49. The predicted octanol–water partition coefficient (Wildman–Crippen LogP) is 0.379. The van der Waals surface area contributed by atoms with Crippen LogP contribution in [0.25, 0.3) is 0 Å². The summed E-state index contributed by atoms with van der Waals surface area (Å²) in [7, 11) is -8.05. The number of amides is 1. The summed E-state index contributed by atoms with van der Waals surface area (Å²) >= 11 is 5.81. The number of nitrogen functional groups attached to an aromatic ring is 2. The molecule has 2 aromatic rings. The smallest absolute Gasteiger partial charge is 0.283 e. The van der Waals surface area contributed by atoms with Crippen LogP contribution >= 0.6 is 11.6 Å². The first-order valence-electron chi connectivity index (χ1n) is 9.66. The van der Waals surface area contributed by atoms with Crippen LogP contribution in [0.1, 0.15) is 28.9 Å². The molecule has 1 amide bonds. The van der Waals surface area contributed by atoms with E-state index in [4.69, 9.17) is 34.2 Å². The van der Waals surface area contributed by atoms with Crippen molar-refractivity contribution in [2.75, 3.05) is 34.2 Å². The molecule has 0 aliphatic heterocycles. The highest BCUT2D eigenvalue weighted by Gasteiger charge is 2.27. The lowest BCUT2D eigenvalue weighted by atomic mass is 10.1. The Kier molecular flexibility index (Phi) is 8.28. The molecule has 0 saturated heterocycles. The lowest BCUT2D eigenvalue weighted by molar-refractivity contribution is 0.0838. The number of halogens is 1. The van der Waals surface area contributed by atoms with Gasteiger partial charge >= 0.3 is 0 Å². The minimum Gasteiger partial charge on any atom is -0.382 e. The van der Waals surface area contributed by atoms with Gasteiger partial charge in [-0.2, -0.15) is 3.71 Å². The normalized spacial score (nSPS) is 11.7. The van der Waals surface area contributed by atoms with Crippen LogP contribution in [0.2, 0.25) is 5.15 Å². The van der Waals surface area contributed by atoms with Gasteiger partial charge in [0.1, 0.15) is 0 Å². The van der Waals surface area contributed by atoms with E-state index in [2.05, 4.69) is 9.97 Å². The molecular formula is C18H25ClN8O5S2. The molecule has 0 unspecified atom stereocenters. The number of nitrogens with zero attached hydrogens (tertiary/aromatic N) is 4. The predicted molar refractivity (Wildman–Crippen MR) is 130 cm³/mol. The van der Waals surface area contributed by atoms with Gasteiger partial charge in [-0.15, -0.1) is 0 Å². The van der Waals surface area contributed by atoms with E-state index in [-0.39, 0.29) is 34.7 Å². The number of carbonyl (C=O) groups is 1. The molecule has 0 fully saturated rings. The van der Waals surface area contributed by atoms with Crippen LogP contribution in [0.3, 0.4) is 0 Å². The van der Waals surface area contributed by atoms with Gasteiger partial charge in [0.2, 0.25) is 20.0 Å². The number of anilines is 3. The Balaban J connectivity index is 2.04. The van der Waals surface area contributed by atoms with Crippen molar-refractivity contribution in [1.82, 2.24) is 14.9 Å². The molecule has 0 bridgehead atoms. The van der Waals surface area contributed by atoms with Crippen molar-refractivity contribution >= 4 is 60.8 Å². The lowest BCUT2D eigenvalue weighted by Crippen LogP contribution is -2.42. The Labute approximate surface area is 202 Å². The van der Waals surface area contributed by atoms with E-state index in [0.717, 1.165) is 23.0 Å². The fourth-order valence-corrected chi connectivity index (χ4v) is 6.17. The minimum atomic E-state index is -4.02. The van der Waals surface area contributed by atoms with Gasteiger partial charge in [0, 0.05) is 6.54 Å². The average molecular weight is 533 g/mol. The van der Waals surface area contributed by atoms with E-state index >= 15 is 0 Å². The number of hydrogen-bond acceptors (Lipinski definition) is 10. The Bertz CT molecular complexity index is 1270. The van der Waals surface area contributed by atoms with E-state index in [1.54, 1.807) is 12.1 Å². The van der Waals surface area contributed by atoms with Gasteiger partial charge in [-0.1, -0.05) is 23.7 Å². The number of hydrogen-bond donors (Lipinski definition) is 4. The maximum absolute atomic E-state index is 12.7. The highest BCUT2D eigenvalue weighted by atomic mass is 35.5. The summed E-state index contributed by atoms with van der Waals surface area (Å²) in [5.41, 5.74) is 17.3. The number of nitrogens with two attached hydrogens (primary N) is 3. The maximum Gasteiger partial charge on any atom is 0.283 e. The summed E-state index contributed by atoms with van der Waals surface area (Å²) in [5, 5.41) is 7.50. The quantitative estimate of drug-likeness (QED) is 0.197. The number of aromatic nitrogens is 2. The molecular weight excluding hydrogens is 508 g/mol. The molecule has 16 heteroatoms. The minimum absolute atomic E-state index is 0.00274. The molecule has 0 atom stereocenters. The van der Waals surface area contributed by atoms with E-state index in [9.17, 15) is 21.6 Å². The first-order valence-corrected chi connectivity index (χ1v) is 13.7. The van der Waals surface area contributed by atoms with Crippen LogP contribution in [-0.4, -0.2) is 62.6 Å². The highest BCUT2D eigenvalue weighted by molar-refractivity contribution is 8.09. The van der Waals surface area contributed by atoms with Crippen molar-refractivity contribution in [3.05, 3.63) is 40.7 Å². The van der Waals surface area contributed by atoms with E-state index < -0.39 is 31.9 Å². The second kappa shape index (κ2) is 10.4. The number of aryl methyl sites for hydroxylation is 1. The van der Waals surface area contributed by atoms with Crippen LogP contribution in [0.15, 0.2) is 24.3 Å². The Morgan fingerprint density at radius 1 is 1.00 bits per heavy atom. The van der Waals surface area contributed by atoms with Crippen molar-refractivity contribution in [2.45, 2.75) is 19.3 Å². The molecule has 186 valence electrons. The highest BCUT2D eigenvalue weighted by Crippen LogP contribution is 2.22. The van der Waals surface area contributed by atoms with Crippen LogP contribution in [0, 0.1) is 5.41 Å². The SMILES string of the molecule is CS(=O)(=O)N(c1ccc(CCCCN(C(=N)N)C(=O)c2nc(Cl)c(N)nc2N)cc1)S(C)(=O)=O. The molecule has 0 saturated carbocycles. The largest absolute Gasteiger partial charge is 0.382 e. The van der Waals surface area contributed by atoms with Crippen LogP contribution < -0.4 is 20.9 Å². The second-order valence-electron chi connectivity index (χ2n) is 7.32. The number of unbranched alkanes of at least 4 members (excludes halogenated alkanes) is 1. The van der Waals surface area contributed by atoms with E-state index in [1.807, 2.05) is 0 Å². The fourth-order valence-electron chi connectivity index (χ4n) is 3.07. The number of guanidine groups is 1. The van der Waals surface area contributed by atoms with Crippen LogP contribution in [0.4, 0.5) is 17.3 Å². The number of benzene rings is 1. The zero-order valence-electron chi connectivity index (χ0n) is 18.4. The second-order valence-corrected chi connectivity index (χ2v) is 11.6. The molecule has 2 rings (SSSR count). The van der Waals surface area contributed by atoms with Gasteiger partial charge in [0.25, 0.3) is 5.91 Å². The van der Waals surface area contributed by atoms with Gasteiger partial charge < -0.3 is 17.2 Å². The van der Waals surface area contributed by atoms with E-state index in [1.165, 1.54) is 12.1 Å². The molecule has 0 radical (unpaired) electrons. The van der Waals surface area contributed by atoms with Gasteiger partial charge in [-0.3, -0.25) is 15.1 Å². The topological polar surface area (TPSA) is 220 Å². The fraction of sp³-hybridized carbons (Fsp3) is 0.333. The molecule has 1 heterocycles. The Morgan fingerprint density at radius 2 is 1.56 bits per heavy atom. The Morgan fingerprint density at radius 3 is 2.06 bits per heavy atom. The van der Waals surface area contributed by atoms with Crippen LogP contribution in [0.5, 0.6) is 0 Å². The first kappa shape index (κ1) is 27.1. The maximum atomic E-state index is 12.7. The molecule has 0 aliphatic carbocycles. The number of rotatable bonds is 9. The zero-order chi connectivity index (χ0) is 25.8.